The maximum absolute atomic E-state index is 14.1. The molecule has 0 N–H and O–H groups in total. The van der Waals surface area contributed by atoms with Gasteiger partial charge in [0.05, 0.1) is 10.6 Å². The molecular weight excluding hydrogens is 407 g/mol. The maximum atomic E-state index is 14.1. The van der Waals surface area contributed by atoms with Crippen molar-refractivity contribution in [2.24, 2.45) is 0 Å². The number of rotatable bonds is 4. The molecule has 0 atom stereocenters. The van der Waals surface area contributed by atoms with E-state index < -0.39 is 11.7 Å². The van der Waals surface area contributed by atoms with Crippen LogP contribution in [-0.4, -0.2) is 47.0 Å². The van der Waals surface area contributed by atoms with E-state index >= 15 is 0 Å². The minimum atomic E-state index is -0.607. The summed E-state index contributed by atoms with van der Waals surface area (Å²) >= 11 is 6.04. The van der Waals surface area contributed by atoms with Crippen molar-refractivity contribution in [3.63, 3.8) is 0 Å². The lowest BCUT2D eigenvalue weighted by Crippen LogP contribution is -2.49. The fraction of sp³-hybridized carbons (Fsp3) is 0.227. The number of piperazine rings is 1. The number of ether oxygens (including phenoxy) is 1. The van der Waals surface area contributed by atoms with Gasteiger partial charge < -0.3 is 14.5 Å². The highest BCUT2D eigenvalue weighted by molar-refractivity contribution is 6.33. The number of benzene rings is 2. The zero-order valence-corrected chi connectivity index (χ0v) is 17.1. The number of para-hydroxylation sites is 1. The summed E-state index contributed by atoms with van der Waals surface area (Å²) in [7, 11) is 0. The summed E-state index contributed by atoms with van der Waals surface area (Å²) in [5.74, 6) is 1.47. The first-order valence-corrected chi connectivity index (χ1v) is 9.96. The van der Waals surface area contributed by atoms with E-state index in [1.165, 1.54) is 18.2 Å². The van der Waals surface area contributed by atoms with Gasteiger partial charge in [0.2, 0.25) is 5.88 Å². The van der Waals surface area contributed by atoms with E-state index in [2.05, 4.69) is 14.9 Å². The van der Waals surface area contributed by atoms with Crippen molar-refractivity contribution < 1.29 is 13.9 Å². The Kier molecular flexibility index (Phi) is 5.81. The molecule has 1 aliphatic rings. The molecule has 30 heavy (non-hydrogen) atoms. The zero-order chi connectivity index (χ0) is 21.1. The monoisotopic (exact) mass is 426 g/mol. The Labute approximate surface area is 178 Å². The van der Waals surface area contributed by atoms with Crippen molar-refractivity contribution in [3.05, 3.63) is 76.8 Å². The molecule has 3 aromatic rings. The average Bonchev–Trinajstić information content (AvgIpc) is 2.74. The maximum Gasteiger partial charge on any atom is 0.258 e. The third-order valence-electron chi connectivity index (χ3n) is 4.83. The topological polar surface area (TPSA) is 58.6 Å². The van der Waals surface area contributed by atoms with E-state index in [0.29, 0.717) is 43.6 Å². The first-order valence-electron chi connectivity index (χ1n) is 9.58. The summed E-state index contributed by atoms with van der Waals surface area (Å²) in [6.45, 7) is 3.78. The van der Waals surface area contributed by atoms with Gasteiger partial charge in [-0.25, -0.2) is 9.37 Å². The first kappa shape index (κ1) is 20.1. The van der Waals surface area contributed by atoms with Gasteiger partial charge in [0, 0.05) is 32.2 Å². The average molecular weight is 427 g/mol. The fourth-order valence-electron chi connectivity index (χ4n) is 3.35. The zero-order valence-electron chi connectivity index (χ0n) is 16.4. The number of carbonyl (C=O) groups excluding carboxylic acids is 1. The van der Waals surface area contributed by atoms with Crippen molar-refractivity contribution in [3.8, 4) is 11.6 Å². The van der Waals surface area contributed by atoms with Gasteiger partial charge in [0.1, 0.15) is 23.2 Å². The summed E-state index contributed by atoms with van der Waals surface area (Å²) in [5.41, 5.74) is -0.0796. The van der Waals surface area contributed by atoms with Crippen molar-refractivity contribution in [2.75, 3.05) is 31.1 Å². The minimum absolute atomic E-state index is 0.0796. The van der Waals surface area contributed by atoms with Gasteiger partial charge in [-0.3, -0.25) is 4.79 Å². The molecule has 8 heteroatoms. The van der Waals surface area contributed by atoms with E-state index in [1.54, 1.807) is 17.9 Å². The summed E-state index contributed by atoms with van der Waals surface area (Å²) in [5, 5.41) is 0.122. The van der Waals surface area contributed by atoms with Crippen LogP contribution in [0, 0.1) is 12.7 Å². The van der Waals surface area contributed by atoms with E-state index in [9.17, 15) is 9.18 Å². The Morgan fingerprint density at radius 2 is 1.77 bits per heavy atom. The van der Waals surface area contributed by atoms with Gasteiger partial charge in [-0.1, -0.05) is 35.9 Å². The predicted molar refractivity (Wildman–Crippen MR) is 113 cm³/mol. The van der Waals surface area contributed by atoms with E-state index in [1.807, 2.05) is 30.3 Å². The van der Waals surface area contributed by atoms with Gasteiger partial charge in [0.15, 0.2) is 0 Å². The molecule has 0 saturated carbocycles. The predicted octanol–water partition coefficient (Wildman–Crippen LogP) is 4.33. The van der Waals surface area contributed by atoms with Crippen LogP contribution in [0.15, 0.2) is 54.6 Å². The lowest BCUT2D eigenvalue weighted by molar-refractivity contribution is 0.0742. The van der Waals surface area contributed by atoms with Crippen LogP contribution in [0.2, 0.25) is 5.02 Å². The van der Waals surface area contributed by atoms with Crippen molar-refractivity contribution in [1.29, 1.82) is 0 Å². The molecule has 1 amide bonds. The molecule has 0 radical (unpaired) electrons. The van der Waals surface area contributed by atoms with E-state index in [4.69, 9.17) is 16.3 Å². The van der Waals surface area contributed by atoms with Crippen molar-refractivity contribution in [1.82, 2.24) is 14.9 Å². The summed E-state index contributed by atoms with van der Waals surface area (Å²) in [6.07, 6.45) is 0. The Hall–Kier alpha value is -3.19. The molecule has 1 aliphatic heterocycles. The minimum Gasteiger partial charge on any atom is -0.439 e. The summed E-state index contributed by atoms with van der Waals surface area (Å²) in [4.78, 5) is 25.2. The molecule has 0 unspecified atom stereocenters. The van der Waals surface area contributed by atoms with Crippen LogP contribution in [0.25, 0.3) is 0 Å². The van der Waals surface area contributed by atoms with Crippen LogP contribution in [0.1, 0.15) is 16.2 Å². The van der Waals surface area contributed by atoms with Crippen LogP contribution < -0.4 is 9.64 Å². The van der Waals surface area contributed by atoms with Gasteiger partial charge in [-0.05, 0) is 31.2 Å². The Bertz CT molecular complexity index is 1040. The number of nitrogens with zero attached hydrogens (tertiary/aromatic N) is 4. The molecule has 0 spiro atoms. The Morgan fingerprint density at radius 1 is 1.03 bits per heavy atom. The fourth-order valence-corrected chi connectivity index (χ4v) is 3.59. The summed E-state index contributed by atoms with van der Waals surface area (Å²) in [6, 6.07) is 15.4. The highest BCUT2D eigenvalue weighted by Gasteiger charge is 2.26. The SMILES string of the molecule is Cc1nc(Oc2ccccc2)cc(N2CCN(C(=O)c3c(F)cccc3Cl)CC2)n1. The van der Waals surface area contributed by atoms with Crippen molar-refractivity contribution in [2.45, 2.75) is 6.92 Å². The molecule has 0 aliphatic carbocycles. The van der Waals surface area contributed by atoms with Crippen LogP contribution >= 0.6 is 11.6 Å². The number of hydrogen-bond acceptors (Lipinski definition) is 5. The third-order valence-corrected chi connectivity index (χ3v) is 5.15. The molecule has 2 heterocycles. The lowest BCUT2D eigenvalue weighted by Gasteiger charge is -2.35. The number of carbonyl (C=O) groups is 1. The normalized spacial score (nSPS) is 14.0. The van der Waals surface area contributed by atoms with E-state index in [-0.39, 0.29) is 10.6 Å². The molecule has 1 saturated heterocycles. The number of anilines is 1. The largest absolute Gasteiger partial charge is 0.439 e. The number of amides is 1. The molecular formula is C22H20ClFN4O2. The van der Waals surface area contributed by atoms with Gasteiger partial charge in [-0.15, -0.1) is 0 Å². The molecule has 2 aromatic carbocycles. The van der Waals surface area contributed by atoms with Gasteiger partial charge in [-0.2, -0.15) is 4.98 Å². The number of aryl methyl sites for hydroxylation is 1. The highest BCUT2D eigenvalue weighted by atomic mass is 35.5. The standard InChI is InChI=1S/C22H20ClFN4O2/c1-15-25-19(14-20(26-15)30-16-6-3-2-4-7-16)27-10-12-28(13-11-27)22(29)21-17(23)8-5-9-18(21)24/h2-9,14H,10-13H2,1H3. The highest BCUT2D eigenvalue weighted by Crippen LogP contribution is 2.25. The quantitative estimate of drug-likeness (QED) is 0.621. The first-order chi connectivity index (χ1) is 14.5. The second-order valence-corrected chi connectivity index (χ2v) is 7.31. The smallest absolute Gasteiger partial charge is 0.258 e. The van der Waals surface area contributed by atoms with Crippen LogP contribution in [0.4, 0.5) is 10.2 Å². The lowest BCUT2D eigenvalue weighted by atomic mass is 10.1. The number of aromatic nitrogens is 2. The molecule has 6 nitrogen and oxygen atoms in total. The second-order valence-electron chi connectivity index (χ2n) is 6.90. The Morgan fingerprint density at radius 3 is 2.47 bits per heavy atom. The molecule has 154 valence electrons. The van der Waals surface area contributed by atoms with Crippen LogP contribution in [0.5, 0.6) is 11.6 Å². The molecule has 1 aromatic heterocycles. The van der Waals surface area contributed by atoms with Gasteiger partial charge >= 0.3 is 0 Å². The molecule has 0 bridgehead atoms. The van der Waals surface area contributed by atoms with Crippen LogP contribution in [-0.2, 0) is 0 Å². The number of halogens is 2. The van der Waals surface area contributed by atoms with Crippen molar-refractivity contribution >= 4 is 23.3 Å². The molecule has 1 fully saturated rings. The van der Waals surface area contributed by atoms with Gasteiger partial charge in [0.25, 0.3) is 5.91 Å². The molecule has 4 rings (SSSR count). The second kappa shape index (κ2) is 8.67. The summed E-state index contributed by atoms with van der Waals surface area (Å²) < 4.78 is 19.9. The van der Waals surface area contributed by atoms with E-state index in [0.717, 1.165) is 5.82 Å². The number of hydrogen-bond donors (Lipinski definition) is 0. The van der Waals surface area contributed by atoms with Crippen LogP contribution in [0.3, 0.4) is 0 Å². The Balaban J connectivity index is 1.46. The third kappa shape index (κ3) is 4.36.